The number of anilines is 3. The van der Waals surface area contributed by atoms with E-state index in [1.807, 2.05) is 0 Å². The molecule has 0 saturated carbocycles. The van der Waals surface area contributed by atoms with Crippen molar-refractivity contribution in [1.29, 1.82) is 0 Å². The number of fused-ring (bicyclic) bond motifs is 6. The number of hydrogen-bond acceptors (Lipinski definition) is 1. The number of aryl methyl sites for hydroxylation is 2. The van der Waals surface area contributed by atoms with Gasteiger partial charge in [-0.1, -0.05) is 135 Å². The highest BCUT2D eigenvalue weighted by Crippen LogP contribution is 2.50. The summed E-state index contributed by atoms with van der Waals surface area (Å²) in [5, 5.41) is 2.53. The van der Waals surface area contributed by atoms with E-state index in [0.717, 1.165) is 17.1 Å². The van der Waals surface area contributed by atoms with Gasteiger partial charge in [0, 0.05) is 38.9 Å². The first kappa shape index (κ1) is 33.0. The van der Waals surface area contributed by atoms with Gasteiger partial charge >= 0.3 is 0 Å². The van der Waals surface area contributed by atoms with Gasteiger partial charge in [0.05, 0.1) is 11.0 Å². The molecule has 0 radical (unpaired) electrons. The lowest BCUT2D eigenvalue weighted by atomic mass is 9.82. The largest absolute Gasteiger partial charge is 0.310 e. The Bertz CT molecular complexity index is 2890. The van der Waals surface area contributed by atoms with E-state index in [2.05, 4.69) is 219 Å². The fourth-order valence-electron chi connectivity index (χ4n) is 8.89. The second-order valence-electron chi connectivity index (χ2n) is 15.6. The molecule has 2 heteroatoms. The maximum absolute atomic E-state index is 2.43. The van der Waals surface area contributed by atoms with Crippen LogP contribution in [-0.4, -0.2) is 4.57 Å². The first-order chi connectivity index (χ1) is 26.8. The van der Waals surface area contributed by atoms with Crippen molar-refractivity contribution in [2.24, 2.45) is 0 Å². The summed E-state index contributed by atoms with van der Waals surface area (Å²) < 4.78 is 2.43. The van der Waals surface area contributed by atoms with Crippen molar-refractivity contribution in [3.8, 4) is 39.1 Å². The zero-order valence-electron chi connectivity index (χ0n) is 31.7. The fourth-order valence-corrected chi connectivity index (χ4v) is 8.89. The molecule has 0 unspecified atom stereocenters. The van der Waals surface area contributed by atoms with Gasteiger partial charge in [-0.2, -0.15) is 0 Å². The molecule has 0 aliphatic heterocycles. The fraction of sp³-hybridized carbons (Fsp3) is 0.0943. The molecule has 0 amide bonds. The Morgan fingerprint density at radius 3 is 1.76 bits per heavy atom. The maximum atomic E-state index is 2.43. The molecule has 55 heavy (non-hydrogen) atoms. The number of hydrogen-bond donors (Lipinski definition) is 0. The molecule has 0 bridgehead atoms. The first-order valence-electron chi connectivity index (χ1n) is 19.3. The second kappa shape index (κ2) is 12.7. The summed E-state index contributed by atoms with van der Waals surface area (Å²) in [6.07, 6.45) is 0. The van der Waals surface area contributed by atoms with E-state index in [1.165, 1.54) is 83.1 Å². The highest BCUT2D eigenvalue weighted by atomic mass is 15.1. The molecule has 1 aliphatic rings. The highest BCUT2D eigenvalue weighted by Gasteiger charge is 2.35. The van der Waals surface area contributed by atoms with E-state index in [9.17, 15) is 0 Å². The highest BCUT2D eigenvalue weighted by molar-refractivity contribution is 6.10. The Balaban J connectivity index is 1.07. The van der Waals surface area contributed by atoms with Crippen molar-refractivity contribution in [3.63, 3.8) is 0 Å². The van der Waals surface area contributed by atoms with Crippen molar-refractivity contribution >= 4 is 38.9 Å². The van der Waals surface area contributed by atoms with E-state index in [0.29, 0.717) is 0 Å². The first-order valence-corrected chi connectivity index (χ1v) is 19.3. The second-order valence-corrected chi connectivity index (χ2v) is 15.6. The smallest absolute Gasteiger partial charge is 0.0541 e. The topological polar surface area (TPSA) is 8.17 Å². The molecule has 264 valence electrons. The monoisotopic (exact) mass is 706 g/mol. The zero-order chi connectivity index (χ0) is 37.3. The van der Waals surface area contributed by atoms with E-state index >= 15 is 0 Å². The predicted octanol–water partition coefficient (Wildman–Crippen LogP) is 14.5. The van der Waals surface area contributed by atoms with Gasteiger partial charge in [-0.25, -0.2) is 0 Å². The van der Waals surface area contributed by atoms with Crippen LogP contribution in [0.2, 0.25) is 0 Å². The van der Waals surface area contributed by atoms with Gasteiger partial charge in [0.2, 0.25) is 0 Å². The number of aromatic nitrogens is 1. The maximum Gasteiger partial charge on any atom is 0.0541 e. The summed E-state index contributed by atoms with van der Waals surface area (Å²) in [6, 6.07) is 67.0. The van der Waals surface area contributed by atoms with E-state index < -0.39 is 0 Å². The Morgan fingerprint density at radius 2 is 1.00 bits per heavy atom. The van der Waals surface area contributed by atoms with Crippen molar-refractivity contribution < 1.29 is 0 Å². The summed E-state index contributed by atoms with van der Waals surface area (Å²) in [5.74, 6) is 0. The third-order valence-corrected chi connectivity index (χ3v) is 11.8. The average Bonchev–Trinajstić information content (AvgIpc) is 3.67. The minimum atomic E-state index is -0.0889. The number of nitrogens with zero attached hydrogens (tertiary/aromatic N) is 2. The number of para-hydroxylation sites is 1. The van der Waals surface area contributed by atoms with E-state index in [-0.39, 0.29) is 5.41 Å². The van der Waals surface area contributed by atoms with Crippen LogP contribution in [0.1, 0.15) is 36.1 Å². The molecule has 10 rings (SSSR count). The average molecular weight is 707 g/mol. The van der Waals surface area contributed by atoms with Crippen LogP contribution in [0.25, 0.3) is 60.9 Å². The Morgan fingerprint density at radius 1 is 0.418 bits per heavy atom. The molecule has 9 aromatic rings. The van der Waals surface area contributed by atoms with Crippen LogP contribution in [0, 0.1) is 13.8 Å². The van der Waals surface area contributed by atoms with Gasteiger partial charge in [-0.15, -0.1) is 0 Å². The molecule has 0 fully saturated rings. The van der Waals surface area contributed by atoms with E-state index in [4.69, 9.17) is 0 Å². The number of benzene rings is 8. The van der Waals surface area contributed by atoms with Crippen LogP contribution in [0.5, 0.6) is 0 Å². The Labute approximate surface area is 323 Å². The van der Waals surface area contributed by atoms with Crippen LogP contribution < -0.4 is 4.90 Å². The summed E-state index contributed by atoms with van der Waals surface area (Å²) in [6.45, 7) is 9.08. The van der Waals surface area contributed by atoms with Crippen LogP contribution in [0.3, 0.4) is 0 Å². The van der Waals surface area contributed by atoms with Gasteiger partial charge in [-0.05, 0) is 130 Å². The lowest BCUT2D eigenvalue weighted by Gasteiger charge is -2.28. The van der Waals surface area contributed by atoms with Gasteiger partial charge in [0.25, 0.3) is 0 Å². The quantitative estimate of drug-likeness (QED) is 0.167. The molecule has 1 aromatic heterocycles. The molecule has 0 saturated heterocycles. The zero-order valence-corrected chi connectivity index (χ0v) is 31.7. The van der Waals surface area contributed by atoms with Crippen LogP contribution in [0.15, 0.2) is 182 Å². The van der Waals surface area contributed by atoms with Crippen molar-refractivity contribution in [2.75, 3.05) is 4.90 Å². The summed E-state index contributed by atoms with van der Waals surface area (Å²) in [4.78, 5) is 2.40. The molecule has 1 heterocycles. The van der Waals surface area contributed by atoms with Crippen molar-refractivity contribution in [3.05, 3.63) is 204 Å². The van der Waals surface area contributed by atoms with E-state index in [1.54, 1.807) is 0 Å². The molecule has 0 N–H and O–H groups in total. The van der Waals surface area contributed by atoms with Crippen molar-refractivity contribution in [1.82, 2.24) is 4.57 Å². The molecule has 0 atom stereocenters. The van der Waals surface area contributed by atoms with Gasteiger partial charge < -0.3 is 9.47 Å². The molecular formula is C53H42N2. The van der Waals surface area contributed by atoms with Gasteiger partial charge in [-0.3, -0.25) is 0 Å². The third-order valence-electron chi connectivity index (χ3n) is 11.8. The molecule has 2 nitrogen and oxygen atoms in total. The molecule has 8 aromatic carbocycles. The summed E-state index contributed by atoms with van der Waals surface area (Å²) >= 11 is 0. The molecule has 1 aliphatic carbocycles. The molecular weight excluding hydrogens is 665 g/mol. The minimum absolute atomic E-state index is 0.0889. The van der Waals surface area contributed by atoms with Gasteiger partial charge in [0.15, 0.2) is 0 Å². The van der Waals surface area contributed by atoms with Crippen LogP contribution in [0.4, 0.5) is 17.1 Å². The normalized spacial score (nSPS) is 12.9. The summed E-state index contributed by atoms with van der Waals surface area (Å²) in [7, 11) is 0. The standard InChI is InChI=1S/C53H42N2/c1-35-18-19-36(2)52(32-35)55-50-17-11-9-15-46(50)47-33-40(24-31-51(47)55)39-22-27-42(28-23-39)54(41-25-20-38(21-26-41)37-12-6-5-7-13-37)43-29-30-45-44-14-8-10-16-48(44)53(3,4)49(45)34-43/h5-34H,1-4H3. The molecule has 0 spiro atoms. The summed E-state index contributed by atoms with van der Waals surface area (Å²) in [5.41, 5.74) is 19.8. The lowest BCUT2D eigenvalue weighted by Crippen LogP contribution is -2.16. The van der Waals surface area contributed by atoms with Crippen molar-refractivity contribution in [2.45, 2.75) is 33.1 Å². The van der Waals surface area contributed by atoms with Crippen LogP contribution >= 0.6 is 0 Å². The number of rotatable bonds is 6. The van der Waals surface area contributed by atoms with Crippen LogP contribution in [-0.2, 0) is 5.41 Å². The Hall–Kier alpha value is -6.64. The lowest BCUT2D eigenvalue weighted by molar-refractivity contribution is 0.660. The van der Waals surface area contributed by atoms with Gasteiger partial charge in [0.1, 0.15) is 0 Å². The third kappa shape index (κ3) is 5.40. The SMILES string of the molecule is Cc1ccc(C)c(-n2c3ccccc3c3cc(-c4ccc(N(c5ccc(-c6ccccc6)cc5)c5ccc6c(c5)C(C)(C)c5ccccc5-6)cc4)ccc32)c1. The predicted molar refractivity (Wildman–Crippen MR) is 233 cm³/mol. The Kier molecular flexibility index (Phi) is 7.64. The minimum Gasteiger partial charge on any atom is -0.310 e.